The molecule has 2 heterocycles. The maximum absolute atomic E-state index is 2.85. The molecule has 2 aromatic rings. The number of piperidine rings is 1. The molecule has 3 fully saturated rings. The van der Waals surface area contributed by atoms with Gasteiger partial charge < -0.3 is 4.90 Å². The van der Waals surface area contributed by atoms with E-state index in [1.807, 2.05) is 6.07 Å². The summed E-state index contributed by atoms with van der Waals surface area (Å²) in [4.78, 5) is 5.51. The first kappa shape index (κ1) is 26.0. The van der Waals surface area contributed by atoms with Crippen molar-refractivity contribution in [1.29, 1.82) is 0 Å². The summed E-state index contributed by atoms with van der Waals surface area (Å²) in [5.41, 5.74) is 4.56. The van der Waals surface area contributed by atoms with Crippen molar-refractivity contribution in [1.82, 2.24) is 9.80 Å². The molecule has 3 aliphatic rings. The molecule has 2 nitrogen and oxygen atoms in total. The van der Waals surface area contributed by atoms with Crippen LogP contribution in [0.25, 0.3) is 0 Å². The van der Waals surface area contributed by atoms with Crippen LogP contribution in [0.2, 0.25) is 0 Å². The standard InChI is InChI=1S/C25H38N2.C8H10/c1-2-9-25-18-23(22-12-7-4-8-13-22)20-27(25)24-14-16-26(17-15-24)19-21-10-5-3-6-11-21;1-2-8-6-4-3-5-7-8/h3,5-6,9-11,22-24H,2,4,7-8,12-20H2,1H3;3-7H,2H2,1H3/b25-9+;. The number of nitrogens with zero attached hydrogens (tertiary/aromatic N) is 2. The van der Waals surface area contributed by atoms with E-state index in [1.165, 1.54) is 88.5 Å². The van der Waals surface area contributed by atoms with E-state index in [4.69, 9.17) is 0 Å². The maximum atomic E-state index is 2.85. The minimum absolute atomic E-state index is 0.781. The second kappa shape index (κ2) is 13.9. The summed E-state index contributed by atoms with van der Waals surface area (Å²) in [6, 6.07) is 22.2. The highest BCUT2D eigenvalue weighted by molar-refractivity contribution is 5.15. The molecule has 0 spiro atoms. The Bertz CT molecular complexity index is 860. The first-order valence-corrected chi connectivity index (χ1v) is 14.5. The van der Waals surface area contributed by atoms with Gasteiger partial charge >= 0.3 is 0 Å². The van der Waals surface area contributed by atoms with E-state index in [9.17, 15) is 0 Å². The summed E-state index contributed by atoms with van der Waals surface area (Å²) in [6.45, 7) is 9.44. The Morgan fingerprint density at radius 2 is 1.37 bits per heavy atom. The second-order valence-electron chi connectivity index (χ2n) is 11.0. The molecule has 2 aromatic carbocycles. The van der Waals surface area contributed by atoms with Crippen molar-refractivity contribution in [3.05, 3.63) is 83.6 Å². The van der Waals surface area contributed by atoms with E-state index < -0.39 is 0 Å². The van der Waals surface area contributed by atoms with Gasteiger partial charge in [0.25, 0.3) is 0 Å². The normalized spacial score (nSPS) is 23.3. The number of likely N-dealkylation sites (tertiary alicyclic amines) is 2. The number of benzene rings is 2. The Morgan fingerprint density at radius 3 is 1.94 bits per heavy atom. The third kappa shape index (κ3) is 7.71. The topological polar surface area (TPSA) is 6.48 Å². The average Bonchev–Trinajstić information content (AvgIpc) is 3.35. The van der Waals surface area contributed by atoms with Gasteiger partial charge in [-0.15, -0.1) is 0 Å². The lowest BCUT2D eigenvalue weighted by Gasteiger charge is -2.39. The van der Waals surface area contributed by atoms with Gasteiger partial charge in [0.15, 0.2) is 0 Å². The smallest absolute Gasteiger partial charge is 0.0311 e. The summed E-state index contributed by atoms with van der Waals surface area (Å²) < 4.78 is 0. The fourth-order valence-corrected chi connectivity index (χ4v) is 6.51. The lowest BCUT2D eigenvalue weighted by Crippen LogP contribution is -2.43. The molecule has 1 unspecified atom stereocenters. The van der Waals surface area contributed by atoms with Gasteiger partial charge in [0.05, 0.1) is 0 Å². The van der Waals surface area contributed by atoms with E-state index in [-0.39, 0.29) is 0 Å². The Hall–Kier alpha value is -2.06. The zero-order valence-corrected chi connectivity index (χ0v) is 22.4. The fraction of sp³-hybridized carbons (Fsp3) is 0.576. The fourth-order valence-electron chi connectivity index (χ4n) is 6.51. The monoisotopic (exact) mass is 472 g/mol. The van der Waals surface area contributed by atoms with Crippen LogP contribution in [-0.4, -0.2) is 35.5 Å². The van der Waals surface area contributed by atoms with E-state index in [0.717, 1.165) is 30.8 Å². The molecule has 2 saturated heterocycles. The lowest BCUT2D eigenvalue weighted by atomic mass is 9.79. The molecule has 2 heteroatoms. The van der Waals surface area contributed by atoms with Crippen LogP contribution in [0.1, 0.15) is 82.8 Å². The van der Waals surface area contributed by atoms with Crippen LogP contribution in [-0.2, 0) is 13.0 Å². The van der Waals surface area contributed by atoms with Gasteiger partial charge in [0.1, 0.15) is 0 Å². The molecule has 0 amide bonds. The molecule has 190 valence electrons. The van der Waals surface area contributed by atoms with Crippen LogP contribution in [0.4, 0.5) is 0 Å². The van der Waals surface area contributed by atoms with Crippen LogP contribution in [0.3, 0.4) is 0 Å². The van der Waals surface area contributed by atoms with Crippen LogP contribution in [0, 0.1) is 11.8 Å². The number of hydrogen-bond acceptors (Lipinski definition) is 2. The predicted molar refractivity (Wildman–Crippen MR) is 150 cm³/mol. The summed E-state index contributed by atoms with van der Waals surface area (Å²) in [6.07, 6.45) is 16.3. The highest BCUT2D eigenvalue weighted by atomic mass is 15.2. The lowest BCUT2D eigenvalue weighted by molar-refractivity contribution is 0.128. The van der Waals surface area contributed by atoms with E-state index in [2.05, 4.69) is 84.3 Å². The molecule has 1 aliphatic carbocycles. The molecule has 2 aliphatic heterocycles. The van der Waals surface area contributed by atoms with Gasteiger partial charge in [-0.25, -0.2) is 0 Å². The van der Waals surface area contributed by atoms with Crippen molar-refractivity contribution < 1.29 is 0 Å². The number of hydrogen-bond donors (Lipinski definition) is 0. The molecule has 35 heavy (non-hydrogen) atoms. The Balaban J connectivity index is 0.000000308. The molecular formula is C33H48N2. The number of allylic oxidation sites excluding steroid dienone is 2. The highest BCUT2D eigenvalue weighted by Gasteiger charge is 2.36. The number of rotatable bonds is 6. The van der Waals surface area contributed by atoms with Crippen molar-refractivity contribution in [3.8, 4) is 0 Å². The minimum atomic E-state index is 0.781. The van der Waals surface area contributed by atoms with Gasteiger partial charge in [-0.2, -0.15) is 0 Å². The van der Waals surface area contributed by atoms with E-state index in [1.54, 1.807) is 5.70 Å². The first-order chi connectivity index (χ1) is 17.3. The maximum Gasteiger partial charge on any atom is 0.0311 e. The molecule has 1 saturated carbocycles. The quantitative estimate of drug-likeness (QED) is 0.419. The molecule has 0 radical (unpaired) electrons. The Labute approximate surface area is 215 Å². The largest absolute Gasteiger partial charge is 0.372 e. The van der Waals surface area contributed by atoms with Crippen molar-refractivity contribution >= 4 is 0 Å². The third-order valence-corrected chi connectivity index (χ3v) is 8.53. The Morgan fingerprint density at radius 1 is 0.743 bits per heavy atom. The van der Waals surface area contributed by atoms with Gasteiger partial charge in [-0.3, -0.25) is 4.90 Å². The van der Waals surface area contributed by atoms with Crippen LogP contribution in [0.15, 0.2) is 72.4 Å². The minimum Gasteiger partial charge on any atom is -0.372 e. The SMILES string of the molecule is CC/C=C1\CC(C2CCCCC2)CN1C1CCN(Cc2ccccc2)CC1.CCc1ccccc1. The van der Waals surface area contributed by atoms with E-state index >= 15 is 0 Å². The van der Waals surface area contributed by atoms with Crippen molar-refractivity contribution in [2.45, 2.75) is 90.6 Å². The number of aryl methyl sites for hydroxylation is 1. The summed E-state index contributed by atoms with van der Waals surface area (Å²) >= 11 is 0. The van der Waals surface area contributed by atoms with Crippen molar-refractivity contribution in [2.75, 3.05) is 19.6 Å². The molecule has 0 N–H and O–H groups in total. The average molecular weight is 473 g/mol. The van der Waals surface area contributed by atoms with Crippen LogP contribution in [0.5, 0.6) is 0 Å². The summed E-state index contributed by atoms with van der Waals surface area (Å²) in [5, 5.41) is 0. The third-order valence-electron chi connectivity index (χ3n) is 8.53. The first-order valence-electron chi connectivity index (χ1n) is 14.5. The van der Waals surface area contributed by atoms with Crippen molar-refractivity contribution in [2.24, 2.45) is 11.8 Å². The van der Waals surface area contributed by atoms with Crippen LogP contribution >= 0.6 is 0 Å². The van der Waals surface area contributed by atoms with Gasteiger partial charge in [-0.05, 0) is 55.1 Å². The zero-order chi connectivity index (χ0) is 24.3. The molecule has 0 aromatic heterocycles. The predicted octanol–water partition coefficient (Wildman–Crippen LogP) is 8.10. The summed E-state index contributed by atoms with van der Waals surface area (Å²) in [5.74, 6) is 1.94. The zero-order valence-electron chi connectivity index (χ0n) is 22.4. The van der Waals surface area contributed by atoms with Gasteiger partial charge in [0, 0.05) is 37.9 Å². The molecule has 0 bridgehead atoms. The van der Waals surface area contributed by atoms with Gasteiger partial charge in [-0.1, -0.05) is 113 Å². The second-order valence-corrected chi connectivity index (χ2v) is 11.0. The highest BCUT2D eigenvalue weighted by Crippen LogP contribution is 2.41. The van der Waals surface area contributed by atoms with Crippen LogP contribution < -0.4 is 0 Å². The molecule has 5 rings (SSSR count). The Kier molecular flexibility index (Phi) is 10.3. The molecular weight excluding hydrogens is 424 g/mol. The van der Waals surface area contributed by atoms with Crippen molar-refractivity contribution in [3.63, 3.8) is 0 Å². The molecule has 1 atom stereocenters. The summed E-state index contributed by atoms with van der Waals surface area (Å²) in [7, 11) is 0. The van der Waals surface area contributed by atoms with E-state index in [0.29, 0.717) is 0 Å². The van der Waals surface area contributed by atoms with Gasteiger partial charge in [0.2, 0.25) is 0 Å².